The van der Waals surface area contributed by atoms with Crippen LogP contribution in [0.15, 0.2) is 18.2 Å². The summed E-state index contributed by atoms with van der Waals surface area (Å²) in [6.07, 6.45) is 0.862. The Labute approximate surface area is 82.9 Å². The highest BCUT2D eigenvalue weighted by Gasteiger charge is 2.08. The molecule has 0 radical (unpaired) electrons. The molecule has 3 heteroatoms. The molecular weight excluding hydrogens is 178 g/mol. The summed E-state index contributed by atoms with van der Waals surface area (Å²) in [7, 11) is 1.51. The van der Waals surface area contributed by atoms with Crippen LogP contribution < -0.4 is 4.74 Å². The van der Waals surface area contributed by atoms with Crippen LogP contribution in [-0.4, -0.2) is 13.4 Å². The molecule has 1 rings (SSSR count). The van der Waals surface area contributed by atoms with Gasteiger partial charge < -0.3 is 9.53 Å². The van der Waals surface area contributed by atoms with Gasteiger partial charge in [-0.05, 0) is 17.7 Å². The maximum Gasteiger partial charge on any atom is 0.136 e. The fourth-order valence-corrected chi connectivity index (χ4v) is 1.16. The summed E-state index contributed by atoms with van der Waals surface area (Å²) in [6.45, 7) is 1.80. The molecule has 0 unspecified atom stereocenters. The van der Waals surface area contributed by atoms with E-state index in [1.165, 1.54) is 7.11 Å². The summed E-state index contributed by atoms with van der Waals surface area (Å²) >= 11 is 0. The van der Waals surface area contributed by atoms with Gasteiger partial charge in [0, 0.05) is 5.92 Å². The lowest BCUT2D eigenvalue weighted by atomic mass is 10.0. The third-order valence-corrected chi connectivity index (χ3v) is 2.08. The van der Waals surface area contributed by atoms with Crippen LogP contribution in [0.1, 0.15) is 24.0 Å². The first-order valence-corrected chi connectivity index (χ1v) is 4.26. The second-order valence-electron chi connectivity index (χ2n) is 3.00. The van der Waals surface area contributed by atoms with Crippen LogP contribution in [0.3, 0.4) is 0 Å². The minimum absolute atomic E-state index is 0.170. The molecule has 0 aliphatic heterocycles. The number of carbonyl (C=O) groups excluding carboxylic acids is 1. The first-order chi connectivity index (χ1) is 6.72. The van der Waals surface area contributed by atoms with Gasteiger partial charge in [-0.1, -0.05) is 13.0 Å². The average Bonchev–Trinajstić information content (AvgIpc) is 2.26. The van der Waals surface area contributed by atoms with Gasteiger partial charge >= 0.3 is 0 Å². The van der Waals surface area contributed by atoms with Crippen molar-refractivity contribution in [2.45, 2.75) is 12.8 Å². The highest BCUT2D eigenvalue weighted by Crippen LogP contribution is 2.23. The summed E-state index contributed by atoms with van der Waals surface area (Å²) in [4.78, 5) is 10.6. The number of methoxy groups -OCH3 is 1. The van der Waals surface area contributed by atoms with Crippen molar-refractivity contribution in [1.29, 1.82) is 5.26 Å². The maximum atomic E-state index is 10.6. The number of carbonyl (C=O) groups is 1. The second kappa shape index (κ2) is 4.43. The molecule has 0 aliphatic carbocycles. The van der Waals surface area contributed by atoms with Crippen LogP contribution >= 0.6 is 0 Å². The number of rotatable bonds is 3. The van der Waals surface area contributed by atoms with Crippen molar-refractivity contribution < 1.29 is 9.53 Å². The van der Waals surface area contributed by atoms with Gasteiger partial charge in [-0.3, -0.25) is 0 Å². The zero-order valence-corrected chi connectivity index (χ0v) is 8.15. The van der Waals surface area contributed by atoms with Crippen LogP contribution in [0.25, 0.3) is 0 Å². The summed E-state index contributed by atoms with van der Waals surface area (Å²) in [5, 5.41) is 8.74. The van der Waals surface area contributed by atoms with E-state index in [-0.39, 0.29) is 5.92 Å². The van der Waals surface area contributed by atoms with Crippen molar-refractivity contribution >= 4 is 6.29 Å². The van der Waals surface area contributed by atoms with Crippen LogP contribution in [-0.2, 0) is 4.79 Å². The van der Waals surface area contributed by atoms with Crippen LogP contribution in [0.5, 0.6) is 5.75 Å². The molecule has 3 nitrogen and oxygen atoms in total. The topological polar surface area (TPSA) is 50.1 Å². The molecule has 1 atom stereocenters. The minimum atomic E-state index is -0.170. The van der Waals surface area contributed by atoms with Crippen LogP contribution in [0.2, 0.25) is 0 Å². The van der Waals surface area contributed by atoms with E-state index in [1.54, 1.807) is 25.1 Å². The zero-order chi connectivity index (χ0) is 10.6. The first-order valence-electron chi connectivity index (χ1n) is 4.26. The number of ether oxygens (including phenoxy) is 1. The molecule has 1 aromatic rings. The first kappa shape index (κ1) is 10.3. The second-order valence-corrected chi connectivity index (χ2v) is 3.00. The van der Waals surface area contributed by atoms with Crippen molar-refractivity contribution in [3.8, 4) is 11.8 Å². The Morgan fingerprint density at radius 3 is 2.79 bits per heavy atom. The molecule has 0 N–H and O–H groups in total. The lowest BCUT2D eigenvalue weighted by Crippen LogP contribution is -1.96. The average molecular weight is 189 g/mol. The zero-order valence-electron chi connectivity index (χ0n) is 8.15. The number of hydrogen-bond donors (Lipinski definition) is 0. The monoisotopic (exact) mass is 189 g/mol. The van der Waals surface area contributed by atoms with E-state index in [0.29, 0.717) is 11.3 Å². The van der Waals surface area contributed by atoms with E-state index in [0.717, 1.165) is 11.8 Å². The number of nitriles is 1. The molecule has 0 heterocycles. The predicted molar refractivity (Wildman–Crippen MR) is 52.2 cm³/mol. The molecule has 0 aliphatic rings. The number of aldehydes is 1. The molecular formula is C11H11NO2. The Morgan fingerprint density at radius 2 is 2.29 bits per heavy atom. The van der Waals surface area contributed by atoms with E-state index in [9.17, 15) is 4.79 Å². The fraction of sp³-hybridized carbons (Fsp3) is 0.273. The van der Waals surface area contributed by atoms with Gasteiger partial charge in [0.05, 0.1) is 12.7 Å². The van der Waals surface area contributed by atoms with Gasteiger partial charge in [0.25, 0.3) is 0 Å². The molecule has 0 saturated heterocycles. The van der Waals surface area contributed by atoms with Crippen molar-refractivity contribution in [2.75, 3.05) is 7.11 Å². The molecule has 72 valence electrons. The lowest BCUT2D eigenvalue weighted by Gasteiger charge is -2.07. The van der Waals surface area contributed by atoms with Crippen molar-refractivity contribution in [3.05, 3.63) is 29.3 Å². The molecule has 0 aromatic heterocycles. The number of nitrogens with zero attached hydrogens (tertiary/aromatic N) is 1. The molecule has 14 heavy (non-hydrogen) atoms. The summed E-state index contributed by atoms with van der Waals surface area (Å²) in [5.74, 6) is 0.343. The van der Waals surface area contributed by atoms with E-state index in [1.807, 2.05) is 6.07 Å². The Kier molecular flexibility index (Phi) is 3.24. The van der Waals surface area contributed by atoms with Gasteiger partial charge in [-0.25, -0.2) is 0 Å². The molecule has 0 saturated carbocycles. The SMILES string of the molecule is COc1cc([C@@H](C)C=O)ccc1C#N. The lowest BCUT2D eigenvalue weighted by molar-refractivity contribution is -0.108. The Morgan fingerprint density at radius 1 is 1.57 bits per heavy atom. The number of benzene rings is 1. The van der Waals surface area contributed by atoms with E-state index < -0.39 is 0 Å². The minimum Gasteiger partial charge on any atom is -0.495 e. The van der Waals surface area contributed by atoms with Gasteiger partial charge in [0.15, 0.2) is 0 Å². The largest absolute Gasteiger partial charge is 0.495 e. The third kappa shape index (κ3) is 1.91. The van der Waals surface area contributed by atoms with E-state index in [2.05, 4.69) is 0 Å². The molecule has 0 spiro atoms. The van der Waals surface area contributed by atoms with E-state index >= 15 is 0 Å². The van der Waals surface area contributed by atoms with Crippen molar-refractivity contribution in [2.24, 2.45) is 0 Å². The standard InChI is InChI=1S/C11H11NO2/c1-8(7-13)9-3-4-10(6-12)11(5-9)14-2/h3-5,7-8H,1-2H3/t8-/m0/s1. The highest BCUT2D eigenvalue weighted by molar-refractivity contribution is 5.62. The molecule has 0 bridgehead atoms. The normalized spacial score (nSPS) is 11.5. The predicted octanol–water partition coefficient (Wildman–Crippen LogP) is 1.87. The maximum absolute atomic E-state index is 10.6. The highest BCUT2D eigenvalue weighted by atomic mass is 16.5. The summed E-state index contributed by atoms with van der Waals surface area (Å²) in [6, 6.07) is 7.16. The van der Waals surface area contributed by atoms with E-state index in [4.69, 9.17) is 10.00 Å². The van der Waals surface area contributed by atoms with Crippen LogP contribution in [0.4, 0.5) is 0 Å². The Balaban J connectivity index is 3.15. The third-order valence-electron chi connectivity index (χ3n) is 2.08. The van der Waals surface area contributed by atoms with Gasteiger partial charge in [0.2, 0.25) is 0 Å². The van der Waals surface area contributed by atoms with Gasteiger partial charge in [-0.2, -0.15) is 5.26 Å². The quantitative estimate of drug-likeness (QED) is 0.682. The summed E-state index contributed by atoms with van der Waals surface area (Å²) in [5.41, 5.74) is 1.34. The molecule has 1 aromatic carbocycles. The van der Waals surface area contributed by atoms with Crippen LogP contribution in [0, 0.1) is 11.3 Å². The fourth-order valence-electron chi connectivity index (χ4n) is 1.16. The number of hydrogen-bond acceptors (Lipinski definition) is 3. The Hall–Kier alpha value is -1.82. The Bertz CT molecular complexity index is 379. The van der Waals surface area contributed by atoms with Gasteiger partial charge in [-0.15, -0.1) is 0 Å². The molecule has 0 amide bonds. The van der Waals surface area contributed by atoms with Crippen molar-refractivity contribution in [3.63, 3.8) is 0 Å². The van der Waals surface area contributed by atoms with Crippen molar-refractivity contribution in [1.82, 2.24) is 0 Å². The molecule has 0 fully saturated rings. The summed E-state index contributed by atoms with van der Waals surface area (Å²) < 4.78 is 5.03. The smallest absolute Gasteiger partial charge is 0.136 e. The van der Waals surface area contributed by atoms with Gasteiger partial charge in [0.1, 0.15) is 18.1 Å².